The summed E-state index contributed by atoms with van der Waals surface area (Å²) in [5, 5.41) is 6.63. The minimum atomic E-state index is -4.54. The van der Waals surface area contributed by atoms with Gasteiger partial charge in [0.05, 0.1) is 0 Å². The molecule has 0 aliphatic heterocycles. The van der Waals surface area contributed by atoms with Gasteiger partial charge in [-0.15, -0.1) is 10.2 Å². The van der Waals surface area contributed by atoms with Crippen molar-refractivity contribution in [3.8, 4) is 0 Å². The van der Waals surface area contributed by atoms with E-state index < -0.39 is 11.9 Å². The van der Waals surface area contributed by atoms with E-state index in [2.05, 4.69) is 15.2 Å². The van der Waals surface area contributed by atoms with Crippen LogP contribution in [0, 0.1) is 5.92 Å². The largest absolute Gasteiger partial charge is 0.435 e. The molecule has 120 valence electrons. The lowest BCUT2D eigenvalue weighted by atomic mass is 10.1. The van der Waals surface area contributed by atoms with Gasteiger partial charge < -0.3 is 0 Å². The molecule has 2 aromatic rings. The summed E-state index contributed by atoms with van der Waals surface area (Å²) in [6.45, 7) is 0. The minimum Gasteiger partial charge on any atom is -0.298 e. The number of carbonyl (C=O) groups is 1. The summed E-state index contributed by atoms with van der Waals surface area (Å²) in [5.74, 6) is -0.147. The Kier molecular flexibility index (Phi) is 3.75. The van der Waals surface area contributed by atoms with Crippen LogP contribution < -0.4 is 4.90 Å². The zero-order valence-electron chi connectivity index (χ0n) is 12.2. The number of nitrogens with zero attached hydrogens (tertiary/aromatic N) is 4. The molecule has 2 atom stereocenters. The fourth-order valence-corrected chi connectivity index (χ4v) is 2.46. The van der Waals surface area contributed by atoms with Crippen molar-refractivity contribution in [1.82, 2.24) is 15.2 Å². The summed E-state index contributed by atoms with van der Waals surface area (Å²) < 4.78 is 37.4. The van der Waals surface area contributed by atoms with Crippen LogP contribution in [0.4, 0.5) is 19.0 Å². The van der Waals surface area contributed by atoms with E-state index in [1.807, 2.05) is 12.1 Å². The summed E-state index contributed by atoms with van der Waals surface area (Å²) >= 11 is 0. The molecule has 0 N–H and O–H groups in total. The van der Waals surface area contributed by atoms with Gasteiger partial charge in [0, 0.05) is 25.4 Å². The quantitative estimate of drug-likeness (QED) is 0.872. The molecule has 2 aromatic heterocycles. The molecular formula is C15H13F3N4O. The average molecular weight is 322 g/mol. The van der Waals surface area contributed by atoms with E-state index in [1.165, 1.54) is 11.9 Å². The number of alkyl halides is 3. The smallest absolute Gasteiger partial charge is 0.298 e. The maximum Gasteiger partial charge on any atom is 0.435 e. The molecule has 5 nitrogen and oxygen atoms in total. The van der Waals surface area contributed by atoms with Gasteiger partial charge in [0.1, 0.15) is 0 Å². The Hall–Kier alpha value is -2.51. The number of pyridine rings is 1. The average Bonchev–Trinajstić information content (AvgIpc) is 3.34. The molecule has 23 heavy (non-hydrogen) atoms. The lowest BCUT2D eigenvalue weighted by Gasteiger charge is -2.16. The van der Waals surface area contributed by atoms with Crippen molar-refractivity contribution < 1.29 is 18.0 Å². The van der Waals surface area contributed by atoms with Crippen molar-refractivity contribution in [1.29, 1.82) is 0 Å². The van der Waals surface area contributed by atoms with Crippen molar-refractivity contribution in [2.45, 2.75) is 18.5 Å². The van der Waals surface area contributed by atoms with Crippen LogP contribution in [-0.4, -0.2) is 28.1 Å². The van der Waals surface area contributed by atoms with Gasteiger partial charge >= 0.3 is 6.18 Å². The topological polar surface area (TPSA) is 59.0 Å². The number of rotatable bonds is 3. The Morgan fingerprint density at radius 3 is 2.43 bits per heavy atom. The maximum absolute atomic E-state index is 12.5. The van der Waals surface area contributed by atoms with E-state index in [1.54, 1.807) is 12.4 Å². The second-order valence-electron chi connectivity index (χ2n) is 5.40. The predicted octanol–water partition coefficient (Wildman–Crippen LogP) is 2.66. The number of hydrogen-bond acceptors (Lipinski definition) is 4. The van der Waals surface area contributed by atoms with Crippen molar-refractivity contribution >= 4 is 11.7 Å². The Morgan fingerprint density at radius 1 is 1.17 bits per heavy atom. The van der Waals surface area contributed by atoms with Gasteiger partial charge in [-0.2, -0.15) is 13.2 Å². The third-order valence-electron chi connectivity index (χ3n) is 3.86. The molecule has 1 aliphatic carbocycles. The number of anilines is 1. The molecule has 0 unspecified atom stereocenters. The van der Waals surface area contributed by atoms with Gasteiger partial charge in [-0.3, -0.25) is 14.7 Å². The molecule has 1 saturated carbocycles. The molecule has 1 aliphatic rings. The fraction of sp³-hybridized carbons (Fsp3) is 0.333. The lowest BCUT2D eigenvalue weighted by Crippen LogP contribution is -2.29. The first-order chi connectivity index (χ1) is 10.9. The SMILES string of the molecule is CN(C(=O)[C@@H]1C[C@H]1c1ccncc1)c1ccc(C(F)(F)F)nn1. The molecule has 1 fully saturated rings. The van der Waals surface area contributed by atoms with Crippen LogP contribution in [0.1, 0.15) is 23.6 Å². The van der Waals surface area contributed by atoms with Crippen LogP contribution >= 0.6 is 0 Å². The third kappa shape index (κ3) is 3.15. The van der Waals surface area contributed by atoms with Crippen LogP contribution in [0.3, 0.4) is 0 Å². The summed E-state index contributed by atoms with van der Waals surface area (Å²) in [6, 6.07) is 5.68. The first-order valence-corrected chi connectivity index (χ1v) is 6.96. The first-order valence-electron chi connectivity index (χ1n) is 6.96. The Morgan fingerprint density at radius 2 is 1.87 bits per heavy atom. The third-order valence-corrected chi connectivity index (χ3v) is 3.86. The van der Waals surface area contributed by atoms with Crippen LogP contribution in [0.25, 0.3) is 0 Å². The molecule has 8 heteroatoms. The molecule has 0 aromatic carbocycles. The fourth-order valence-electron chi connectivity index (χ4n) is 2.46. The summed E-state index contributed by atoms with van der Waals surface area (Å²) in [7, 11) is 1.49. The number of hydrogen-bond donors (Lipinski definition) is 0. The van der Waals surface area contributed by atoms with Crippen molar-refractivity contribution in [2.24, 2.45) is 5.92 Å². The van der Waals surface area contributed by atoms with Crippen LogP contribution in [0.5, 0.6) is 0 Å². The van der Waals surface area contributed by atoms with Crippen LogP contribution in [-0.2, 0) is 11.0 Å². The zero-order chi connectivity index (χ0) is 16.6. The lowest BCUT2D eigenvalue weighted by molar-refractivity contribution is -0.141. The number of amides is 1. The van der Waals surface area contributed by atoms with Gasteiger partial charge in [-0.1, -0.05) is 0 Å². The van der Waals surface area contributed by atoms with E-state index in [9.17, 15) is 18.0 Å². The van der Waals surface area contributed by atoms with Crippen LogP contribution in [0.15, 0.2) is 36.7 Å². The van der Waals surface area contributed by atoms with Gasteiger partial charge in [-0.25, -0.2) is 0 Å². The molecule has 0 radical (unpaired) electrons. The molecule has 0 saturated heterocycles. The van der Waals surface area contributed by atoms with Gasteiger partial charge in [0.25, 0.3) is 0 Å². The number of halogens is 3. The van der Waals surface area contributed by atoms with E-state index in [0.717, 1.165) is 17.7 Å². The second-order valence-corrected chi connectivity index (χ2v) is 5.40. The van der Waals surface area contributed by atoms with Gasteiger partial charge in [-0.05, 0) is 42.2 Å². The first kappa shape index (κ1) is 15.4. The number of carbonyl (C=O) groups excluding carboxylic acids is 1. The predicted molar refractivity (Wildman–Crippen MR) is 75.5 cm³/mol. The molecular weight excluding hydrogens is 309 g/mol. The Balaban J connectivity index is 1.69. The summed E-state index contributed by atoms with van der Waals surface area (Å²) in [5.41, 5.74) is -0.0477. The van der Waals surface area contributed by atoms with E-state index in [4.69, 9.17) is 0 Å². The highest BCUT2D eigenvalue weighted by molar-refractivity contribution is 5.96. The highest BCUT2D eigenvalue weighted by Gasteiger charge is 2.45. The highest BCUT2D eigenvalue weighted by atomic mass is 19.4. The molecule has 0 bridgehead atoms. The summed E-state index contributed by atoms with van der Waals surface area (Å²) in [6.07, 6.45) is -0.501. The van der Waals surface area contributed by atoms with Gasteiger partial charge in [0.15, 0.2) is 11.5 Å². The van der Waals surface area contributed by atoms with E-state index in [-0.39, 0.29) is 23.6 Å². The van der Waals surface area contributed by atoms with Crippen molar-refractivity contribution in [3.05, 3.63) is 47.9 Å². The zero-order valence-corrected chi connectivity index (χ0v) is 12.2. The molecule has 2 heterocycles. The molecule has 3 rings (SSSR count). The highest BCUT2D eigenvalue weighted by Crippen LogP contribution is 2.48. The normalized spacial score (nSPS) is 20.2. The molecule has 0 spiro atoms. The van der Waals surface area contributed by atoms with Crippen molar-refractivity contribution in [3.63, 3.8) is 0 Å². The maximum atomic E-state index is 12.5. The Bertz CT molecular complexity index is 703. The van der Waals surface area contributed by atoms with E-state index in [0.29, 0.717) is 6.42 Å². The van der Waals surface area contributed by atoms with Crippen LogP contribution in [0.2, 0.25) is 0 Å². The standard InChI is InChI=1S/C15H13F3N4O/c1-22(13-3-2-12(20-21-13)15(16,17)18)14(23)11-8-10(11)9-4-6-19-7-5-9/h2-7,10-11H,8H2,1H3/t10-,11+/m0/s1. The monoisotopic (exact) mass is 322 g/mol. The number of aromatic nitrogens is 3. The minimum absolute atomic E-state index is 0.100. The summed E-state index contributed by atoms with van der Waals surface area (Å²) in [4.78, 5) is 17.6. The second kappa shape index (κ2) is 5.60. The van der Waals surface area contributed by atoms with Crippen molar-refractivity contribution in [2.75, 3.05) is 11.9 Å². The van der Waals surface area contributed by atoms with Gasteiger partial charge in [0.2, 0.25) is 5.91 Å². The van der Waals surface area contributed by atoms with E-state index >= 15 is 0 Å². The Labute approximate surface area is 130 Å². The molecule has 1 amide bonds.